The molecular weight excluding hydrogens is 270 g/mol. The number of thiazole rings is 1. The lowest BCUT2D eigenvalue weighted by Crippen LogP contribution is -2.01. The molecule has 18 heavy (non-hydrogen) atoms. The summed E-state index contributed by atoms with van der Waals surface area (Å²) in [5, 5.41) is 12.9. The second-order valence-electron chi connectivity index (χ2n) is 3.44. The average Bonchev–Trinajstić information content (AvgIpc) is 2.82. The maximum absolute atomic E-state index is 8.81. The van der Waals surface area contributed by atoms with Crippen LogP contribution in [0.2, 0.25) is 4.34 Å². The molecule has 2 rings (SSSR count). The number of rotatable bonds is 4. The molecule has 0 fully saturated rings. The molecule has 4 nitrogen and oxygen atoms in total. The van der Waals surface area contributed by atoms with Gasteiger partial charge in [0.25, 0.3) is 0 Å². The van der Waals surface area contributed by atoms with Crippen molar-refractivity contribution in [1.82, 2.24) is 4.98 Å². The third-order valence-electron chi connectivity index (χ3n) is 2.29. The van der Waals surface area contributed by atoms with Gasteiger partial charge in [0.2, 0.25) is 0 Å². The molecule has 6 heteroatoms. The minimum atomic E-state index is 0.565. The molecule has 1 aromatic heterocycles. The molecule has 0 amide bonds. The van der Waals surface area contributed by atoms with Crippen LogP contribution in [0.5, 0.6) is 5.75 Å². The van der Waals surface area contributed by atoms with Crippen molar-refractivity contribution in [2.75, 3.05) is 12.4 Å². The Morgan fingerprint density at radius 3 is 3.00 bits per heavy atom. The van der Waals surface area contributed by atoms with Gasteiger partial charge in [-0.2, -0.15) is 5.26 Å². The first-order chi connectivity index (χ1) is 8.72. The van der Waals surface area contributed by atoms with Crippen molar-refractivity contribution >= 4 is 28.6 Å². The molecule has 0 bridgehead atoms. The van der Waals surface area contributed by atoms with E-state index in [2.05, 4.69) is 16.4 Å². The van der Waals surface area contributed by atoms with Crippen LogP contribution in [0.4, 0.5) is 5.69 Å². The van der Waals surface area contributed by atoms with Crippen molar-refractivity contribution in [2.24, 2.45) is 0 Å². The van der Waals surface area contributed by atoms with Gasteiger partial charge in [0, 0.05) is 6.07 Å². The van der Waals surface area contributed by atoms with E-state index in [0.717, 1.165) is 10.7 Å². The van der Waals surface area contributed by atoms with Gasteiger partial charge in [-0.1, -0.05) is 11.6 Å². The van der Waals surface area contributed by atoms with Crippen LogP contribution in [-0.2, 0) is 6.54 Å². The lowest BCUT2D eigenvalue weighted by molar-refractivity contribution is 0.416. The Labute approximate surface area is 114 Å². The first kappa shape index (κ1) is 12.7. The number of nitriles is 1. The molecule has 0 aliphatic carbocycles. The van der Waals surface area contributed by atoms with Crippen molar-refractivity contribution in [3.8, 4) is 11.8 Å². The average molecular weight is 280 g/mol. The van der Waals surface area contributed by atoms with E-state index in [1.807, 2.05) is 6.07 Å². The zero-order valence-corrected chi connectivity index (χ0v) is 11.2. The van der Waals surface area contributed by atoms with Gasteiger partial charge in [0.1, 0.15) is 15.1 Å². The minimum Gasteiger partial charge on any atom is -0.495 e. The molecule has 0 aliphatic rings. The third-order valence-corrected chi connectivity index (χ3v) is 3.40. The lowest BCUT2D eigenvalue weighted by atomic mass is 10.2. The van der Waals surface area contributed by atoms with E-state index in [1.165, 1.54) is 11.3 Å². The smallest absolute Gasteiger partial charge is 0.143 e. The van der Waals surface area contributed by atoms with Crippen LogP contribution in [0.1, 0.15) is 10.6 Å². The van der Waals surface area contributed by atoms with E-state index in [0.29, 0.717) is 22.2 Å². The molecule has 2 aromatic rings. The zero-order chi connectivity index (χ0) is 13.0. The third kappa shape index (κ3) is 2.92. The van der Waals surface area contributed by atoms with Crippen molar-refractivity contribution < 1.29 is 4.74 Å². The number of ether oxygens (including phenoxy) is 1. The number of nitrogens with zero attached hydrogens (tertiary/aromatic N) is 2. The second kappa shape index (κ2) is 5.71. The molecule has 1 aromatic carbocycles. The largest absolute Gasteiger partial charge is 0.495 e. The van der Waals surface area contributed by atoms with Gasteiger partial charge in [0.15, 0.2) is 0 Å². The fraction of sp³-hybridized carbons (Fsp3) is 0.167. The number of halogens is 1. The predicted octanol–water partition coefficient (Wildman–Crippen LogP) is 3.29. The van der Waals surface area contributed by atoms with E-state index >= 15 is 0 Å². The summed E-state index contributed by atoms with van der Waals surface area (Å²) < 4.78 is 5.89. The predicted molar refractivity (Wildman–Crippen MR) is 72.2 cm³/mol. The van der Waals surface area contributed by atoms with Gasteiger partial charge in [-0.3, -0.25) is 0 Å². The zero-order valence-electron chi connectivity index (χ0n) is 9.61. The van der Waals surface area contributed by atoms with Gasteiger partial charge in [-0.15, -0.1) is 11.3 Å². The molecule has 92 valence electrons. The highest BCUT2D eigenvalue weighted by atomic mass is 35.5. The topological polar surface area (TPSA) is 57.9 Å². The standard InChI is InChI=1S/C12H10ClN3OS/c1-17-10-4-8(5-14)2-3-9(10)15-7-12-16-6-11(13)18-12/h2-4,6,15H,7H2,1H3. The van der Waals surface area contributed by atoms with Gasteiger partial charge >= 0.3 is 0 Å². The SMILES string of the molecule is COc1cc(C#N)ccc1NCc1ncc(Cl)s1. The summed E-state index contributed by atoms with van der Waals surface area (Å²) >= 11 is 7.23. The fourth-order valence-corrected chi connectivity index (χ4v) is 2.34. The highest BCUT2D eigenvalue weighted by Crippen LogP contribution is 2.26. The highest BCUT2D eigenvalue weighted by Gasteiger charge is 2.05. The van der Waals surface area contributed by atoms with E-state index < -0.39 is 0 Å². The van der Waals surface area contributed by atoms with Crippen molar-refractivity contribution in [1.29, 1.82) is 5.26 Å². The van der Waals surface area contributed by atoms with Crippen LogP contribution in [0.25, 0.3) is 0 Å². The van der Waals surface area contributed by atoms with E-state index in [4.69, 9.17) is 21.6 Å². The Morgan fingerprint density at radius 2 is 2.39 bits per heavy atom. The Balaban J connectivity index is 2.12. The molecule has 0 spiro atoms. The maximum atomic E-state index is 8.81. The van der Waals surface area contributed by atoms with E-state index in [1.54, 1.807) is 25.4 Å². The van der Waals surface area contributed by atoms with Crippen LogP contribution in [-0.4, -0.2) is 12.1 Å². The molecule has 1 N–H and O–H groups in total. The number of benzene rings is 1. The number of hydrogen-bond acceptors (Lipinski definition) is 5. The normalized spacial score (nSPS) is 9.83. The molecule has 0 saturated carbocycles. The molecule has 0 atom stereocenters. The first-order valence-electron chi connectivity index (χ1n) is 5.15. The molecular formula is C12H10ClN3OS. The van der Waals surface area contributed by atoms with Crippen molar-refractivity contribution in [3.63, 3.8) is 0 Å². The molecule has 0 unspecified atom stereocenters. The number of aromatic nitrogens is 1. The van der Waals surface area contributed by atoms with Gasteiger partial charge in [0.05, 0.1) is 37.2 Å². The van der Waals surface area contributed by atoms with Gasteiger partial charge < -0.3 is 10.1 Å². The van der Waals surface area contributed by atoms with Crippen LogP contribution >= 0.6 is 22.9 Å². The Morgan fingerprint density at radius 1 is 1.56 bits per heavy atom. The van der Waals surface area contributed by atoms with Crippen LogP contribution in [0.3, 0.4) is 0 Å². The number of methoxy groups -OCH3 is 1. The van der Waals surface area contributed by atoms with Crippen molar-refractivity contribution in [2.45, 2.75) is 6.54 Å². The summed E-state index contributed by atoms with van der Waals surface area (Å²) in [6.07, 6.45) is 1.62. The summed E-state index contributed by atoms with van der Waals surface area (Å²) in [7, 11) is 1.57. The summed E-state index contributed by atoms with van der Waals surface area (Å²) in [5.74, 6) is 0.636. The fourth-order valence-electron chi connectivity index (χ4n) is 1.45. The monoisotopic (exact) mass is 279 g/mol. The van der Waals surface area contributed by atoms with Crippen LogP contribution in [0.15, 0.2) is 24.4 Å². The van der Waals surface area contributed by atoms with Gasteiger partial charge in [-0.25, -0.2) is 4.98 Å². The number of nitrogens with one attached hydrogen (secondary N) is 1. The molecule has 0 aliphatic heterocycles. The van der Waals surface area contributed by atoms with Crippen LogP contribution in [0, 0.1) is 11.3 Å². The summed E-state index contributed by atoms with van der Waals surface area (Å²) in [4.78, 5) is 4.15. The number of anilines is 1. The Kier molecular flexibility index (Phi) is 4.03. The summed E-state index contributed by atoms with van der Waals surface area (Å²) in [5.41, 5.74) is 1.39. The minimum absolute atomic E-state index is 0.565. The summed E-state index contributed by atoms with van der Waals surface area (Å²) in [6.45, 7) is 0.569. The molecule has 0 saturated heterocycles. The van der Waals surface area contributed by atoms with E-state index in [9.17, 15) is 0 Å². The van der Waals surface area contributed by atoms with Crippen molar-refractivity contribution in [3.05, 3.63) is 39.3 Å². The van der Waals surface area contributed by atoms with Crippen LogP contribution < -0.4 is 10.1 Å². The Hall–Kier alpha value is -1.77. The Bertz CT molecular complexity index is 591. The highest BCUT2D eigenvalue weighted by molar-refractivity contribution is 7.15. The van der Waals surface area contributed by atoms with E-state index in [-0.39, 0.29) is 0 Å². The maximum Gasteiger partial charge on any atom is 0.143 e. The number of hydrogen-bond donors (Lipinski definition) is 1. The summed E-state index contributed by atoms with van der Waals surface area (Å²) in [6, 6.07) is 7.31. The van der Waals surface area contributed by atoms with Gasteiger partial charge in [-0.05, 0) is 12.1 Å². The molecule has 0 radical (unpaired) electrons. The second-order valence-corrected chi connectivity index (χ2v) is 5.19. The quantitative estimate of drug-likeness (QED) is 0.933. The first-order valence-corrected chi connectivity index (χ1v) is 6.34. The molecule has 1 heterocycles. The lowest BCUT2D eigenvalue weighted by Gasteiger charge is -2.10.